The van der Waals surface area contributed by atoms with Crippen LogP contribution in [0.4, 0.5) is 28.7 Å². The molecule has 2 aromatic heterocycles. The molecule has 0 saturated carbocycles. The molecule has 0 fully saturated rings. The van der Waals surface area contributed by atoms with Crippen LogP contribution >= 0.6 is 23.2 Å². The molecule has 0 radical (unpaired) electrons. The molecule has 8 heteroatoms. The van der Waals surface area contributed by atoms with Gasteiger partial charge in [0.1, 0.15) is 12.0 Å². The number of halogens is 2. The van der Waals surface area contributed by atoms with Gasteiger partial charge in [-0.1, -0.05) is 23.2 Å². The first-order chi connectivity index (χ1) is 11.1. The summed E-state index contributed by atoms with van der Waals surface area (Å²) in [6.07, 6.45) is 4.76. The van der Waals surface area contributed by atoms with E-state index < -0.39 is 0 Å². The van der Waals surface area contributed by atoms with Crippen molar-refractivity contribution in [3.05, 3.63) is 59.1 Å². The number of benzene rings is 1. The number of hydrogen-bond acceptors (Lipinski definition) is 6. The van der Waals surface area contributed by atoms with Gasteiger partial charge in [-0.15, -0.1) is 0 Å². The van der Waals surface area contributed by atoms with Crippen LogP contribution in [0.3, 0.4) is 0 Å². The molecule has 0 spiro atoms. The molecule has 6 nitrogen and oxygen atoms in total. The molecule has 1 aromatic carbocycles. The van der Waals surface area contributed by atoms with E-state index in [1.54, 1.807) is 30.6 Å². The second kappa shape index (κ2) is 6.68. The highest BCUT2D eigenvalue weighted by Crippen LogP contribution is 2.30. The molecular formula is C15H12Cl2N6. The van der Waals surface area contributed by atoms with Crippen molar-refractivity contribution in [2.45, 2.75) is 0 Å². The Bertz CT molecular complexity index is 805. The summed E-state index contributed by atoms with van der Waals surface area (Å²) in [4.78, 5) is 12.3. The monoisotopic (exact) mass is 346 g/mol. The first-order valence-electron chi connectivity index (χ1n) is 6.62. The molecule has 116 valence electrons. The van der Waals surface area contributed by atoms with Crippen molar-refractivity contribution in [3.8, 4) is 0 Å². The predicted octanol–water partition coefficient (Wildman–Crippen LogP) is 4.25. The average Bonchev–Trinajstić information content (AvgIpc) is 2.51. The number of pyridine rings is 1. The Morgan fingerprint density at radius 2 is 1.57 bits per heavy atom. The van der Waals surface area contributed by atoms with Crippen molar-refractivity contribution in [3.63, 3.8) is 0 Å². The zero-order valence-electron chi connectivity index (χ0n) is 11.8. The topological polar surface area (TPSA) is 88.8 Å². The number of nitrogen functional groups attached to an aromatic ring is 1. The van der Waals surface area contributed by atoms with Gasteiger partial charge >= 0.3 is 0 Å². The smallest absolute Gasteiger partial charge is 0.159 e. The summed E-state index contributed by atoms with van der Waals surface area (Å²) in [5.41, 5.74) is 7.94. The van der Waals surface area contributed by atoms with Crippen molar-refractivity contribution in [2.75, 3.05) is 16.4 Å². The van der Waals surface area contributed by atoms with Gasteiger partial charge in [-0.2, -0.15) is 0 Å². The first-order valence-corrected chi connectivity index (χ1v) is 7.38. The number of rotatable bonds is 4. The van der Waals surface area contributed by atoms with E-state index in [2.05, 4.69) is 25.6 Å². The molecule has 0 amide bonds. The van der Waals surface area contributed by atoms with Gasteiger partial charge in [0, 0.05) is 21.9 Å². The van der Waals surface area contributed by atoms with Crippen LogP contribution in [0, 0.1) is 0 Å². The SMILES string of the molecule is Nc1c(Nc2cccnc2)ncnc1Nc1cc(Cl)cc(Cl)c1. The molecule has 0 aliphatic carbocycles. The Balaban J connectivity index is 1.87. The van der Waals surface area contributed by atoms with Crippen molar-refractivity contribution >= 4 is 51.9 Å². The van der Waals surface area contributed by atoms with Crippen LogP contribution in [0.2, 0.25) is 10.0 Å². The van der Waals surface area contributed by atoms with Crippen LogP contribution in [0.15, 0.2) is 49.1 Å². The largest absolute Gasteiger partial charge is 0.393 e. The number of nitrogens with one attached hydrogen (secondary N) is 2. The lowest BCUT2D eigenvalue weighted by Crippen LogP contribution is -2.05. The molecule has 0 aliphatic heterocycles. The highest BCUT2D eigenvalue weighted by molar-refractivity contribution is 6.35. The van der Waals surface area contributed by atoms with Crippen LogP contribution in [0.1, 0.15) is 0 Å². The van der Waals surface area contributed by atoms with Crippen molar-refractivity contribution in [2.24, 2.45) is 0 Å². The van der Waals surface area contributed by atoms with Crippen LogP contribution in [0.5, 0.6) is 0 Å². The van der Waals surface area contributed by atoms with E-state index >= 15 is 0 Å². The van der Waals surface area contributed by atoms with Crippen molar-refractivity contribution in [1.82, 2.24) is 15.0 Å². The van der Waals surface area contributed by atoms with E-state index in [1.165, 1.54) is 6.33 Å². The second-order valence-corrected chi connectivity index (χ2v) is 5.51. The zero-order valence-corrected chi connectivity index (χ0v) is 13.3. The molecule has 0 bridgehead atoms. The summed E-state index contributed by atoms with van der Waals surface area (Å²) in [6, 6.07) is 8.77. The Labute approximate surface area is 142 Å². The summed E-state index contributed by atoms with van der Waals surface area (Å²) in [7, 11) is 0. The second-order valence-electron chi connectivity index (χ2n) is 4.63. The van der Waals surface area contributed by atoms with Gasteiger partial charge < -0.3 is 16.4 Å². The average molecular weight is 347 g/mol. The van der Waals surface area contributed by atoms with Crippen LogP contribution in [-0.2, 0) is 0 Å². The van der Waals surface area contributed by atoms with Gasteiger partial charge in [-0.25, -0.2) is 9.97 Å². The molecule has 3 rings (SSSR count). The summed E-state index contributed by atoms with van der Waals surface area (Å²) in [5, 5.41) is 7.20. The first kappa shape index (κ1) is 15.3. The summed E-state index contributed by atoms with van der Waals surface area (Å²) in [6.45, 7) is 0. The van der Waals surface area contributed by atoms with Gasteiger partial charge in [0.05, 0.1) is 11.9 Å². The molecule has 0 atom stereocenters. The third-order valence-electron chi connectivity index (χ3n) is 2.93. The quantitative estimate of drug-likeness (QED) is 0.654. The predicted molar refractivity (Wildman–Crippen MR) is 93.7 cm³/mol. The summed E-state index contributed by atoms with van der Waals surface area (Å²) < 4.78 is 0. The van der Waals surface area contributed by atoms with Gasteiger partial charge in [-0.05, 0) is 30.3 Å². The fourth-order valence-corrected chi connectivity index (χ4v) is 2.46. The highest BCUT2D eigenvalue weighted by atomic mass is 35.5. The Morgan fingerprint density at radius 1 is 0.913 bits per heavy atom. The van der Waals surface area contributed by atoms with Gasteiger partial charge in [0.15, 0.2) is 11.6 Å². The Morgan fingerprint density at radius 3 is 2.17 bits per heavy atom. The molecule has 2 heterocycles. The van der Waals surface area contributed by atoms with E-state index in [0.717, 1.165) is 5.69 Å². The minimum Gasteiger partial charge on any atom is -0.393 e. The Kier molecular flexibility index (Phi) is 4.45. The van der Waals surface area contributed by atoms with Gasteiger partial charge in [0.2, 0.25) is 0 Å². The lowest BCUT2D eigenvalue weighted by molar-refractivity contribution is 1.17. The van der Waals surface area contributed by atoms with E-state index in [4.69, 9.17) is 28.9 Å². The Hall–Kier alpha value is -2.57. The third kappa shape index (κ3) is 3.80. The summed E-state index contributed by atoms with van der Waals surface area (Å²) >= 11 is 12.0. The maximum absolute atomic E-state index is 6.12. The molecule has 4 N–H and O–H groups in total. The maximum Gasteiger partial charge on any atom is 0.159 e. The normalized spacial score (nSPS) is 10.3. The molecular weight excluding hydrogens is 335 g/mol. The van der Waals surface area contributed by atoms with E-state index in [-0.39, 0.29) is 0 Å². The fourth-order valence-electron chi connectivity index (χ4n) is 1.93. The van der Waals surface area contributed by atoms with Crippen LogP contribution in [-0.4, -0.2) is 15.0 Å². The number of nitrogens with two attached hydrogens (primary N) is 1. The van der Waals surface area contributed by atoms with Gasteiger partial charge in [-0.3, -0.25) is 4.98 Å². The van der Waals surface area contributed by atoms with Crippen molar-refractivity contribution < 1.29 is 0 Å². The van der Waals surface area contributed by atoms with Crippen LogP contribution in [0.25, 0.3) is 0 Å². The number of aromatic nitrogens is 3. The zero-order chi connectivity index (χ0) is 16.2. The fraction of sp³-hybridized carbons (Fsp3) is 0. The van der Waals surface area contributed by atoms with E-state index in [9.17, 15) is 0 Å². The van der Waals surface area contributed by atoms with Gasteiger partial charge in [0.25, 0.3) is 0 Å². The summed E-state index contributed by atoms with van der Waals surface area (Å²) in [5.74, 6) is 0.924. The number of nitrogens with zero attached hydrogens (tertiary/aromatic N) is 3. The lowest BCUT2D eigenvalue weighted by Gasteiger charge is -2.12. The minimum atomic E-state index is 0.368. The molecule has 23 heavy (non-hydrogen) atoms. The third-order valence-corrected chi connectivity index (χ3v) is 3.37. The molecule has 0 unspecified atom stereocenters. The van der Waals surface area contributed by atoms with E-state index in [0.29, 0.717) is 33.1 Å². The minimum absolute atomic E-state index is 0.368. The number of anilines is 5. The van der Waals surface area contributed by atoms with Crippen molar-refractivity contribution in [1.29, 1.82) is 0 Å². The molecule has 0 aliphatic rings. The molecule has 3 aromatic rings. The maximum atomic E-state index is 6.12. The van der Waals surface area contributed by atoms with Crippen LogP contribution < -0.4 is 16.4 Å². The highest BCUT2D eigenvalue weighted by Gasteiger charge is 2.09. The molecule has 0 saturated heterocycles. The van der Waals surface area contributed by atoms with E-state index in [1.807, 2.05) is 12.1 Å². The number of hydrogen-bond donors (Lipinski definition) is 3. The lowest BCUT2D eigenvalue weighted by atomic mass is 10.3. The standard InChI is InChI=1S/C15H12Cl2N6/c16-9-4-10(17)6-12(5-9)23-15-13(18)14(20-8-21-15)22-11-2-1-3-19-7-11/h1-8H,18H2,(H2,20,21,22,23).